The van der Waals surface area contributed by atoms with Gasteiger partial charge in [0, 0.05) is 17.5 Å². The van der Waals surface area contributed by atoms with Crippen LogP contribution in [-0.2, 0) is 12.4 Å². The zero-order valence-electron chi connectivity index (χ0n) is 17.6. The van der Waals surface area contributed by atoms with E-state index < -0.39 is 17.5 Å². The summed E-state index contributed by atoms with van der Waals surface area (Å²) in [5.74, 6) is -0.812. The van der Waals surface area contributed by atoms with Crippen LogP contribution in [0.4, 0.5) is 24.8 Å². The van der Waals surface area contributed by atoms with Gasteiger partial charge in [0.1, 0.15) is 24.5 Å². The van der Waals surface area contributed by atoms with Crippen molar-refractivity contribution in [2.24, 2.45) is 0 Å². The molecule has 0 unspecified atom stereocenters. The van der Waals surface area contributed by atoms with Gasteiger partial charge in [0.15, 0.2) is 17.5 Å². The fourth-order valence-corrected chi connectivity index (χ4v) is 3.62. The van der Waals surface area contributed by atoms with E-state index in [-0.39, 0.29) is 18.2 Å². The fraction of sp³-hybridized carbons (Fsp3) is 0.125. The third kappa shape index (κ3) is 5.81. The van der Waals surface area contributed by atoms with Crippen LogP contribution in [0.2, 0.25) is 0 Å². The molecule has 0 aliphatic rings. The van der Waals surface area contributed by atoms with E-state index in [2.05, 4.69) is 20.3 Å². The van der Waals surface area contributed by atoms with Crippen LogP contribution < -0.4 is 10.1 Å². The molecular weight excluding hydrogens is 449 g/mol. The van der Waals surface area contributed by atoms with Crippen LogP contribution in [-0.4, -0.2) is 21.2 Å². The van der Waals surface area contributed by atoms with Gasteiger partial charge in [-0.2, -0.15) is 16.7 Å². The van der Waals surface area contributed by atoms with E-state index in [9.17, 15) is 13.2 Å². The Balaban J connectivity index is 1.57. The van der Waals surface area contributed by atoms with E-state index in [1.165, 1.54) is 30.6 Å². The molecule has 4 rings (SSSR count). The second-order valence-corrected chi connectivity index (χ2v) is 7.93. The van der Waals surface area contributed by atoms with Crippen LogP contribution in [0.25, 0.3) is 11.4 Å². The summed E-state index contributed by atoms with van der Waals surface area (Å²) < 4.78 is 46.3. The first-order chi connectivity index (χ1) is 16.0. The Kier molecular flexibility index (Phi) is 7.09. The maximum absolute atomic E-state index is 13.9. The van der Waals surface area contributed by atoms with Crippen LogP contribution in [0.1, 0.15) is 11.1 Å². The molecule has 3 aromatic carbocycles. The summed E-state index contributed by atoms with van der Waals surface area (Å²) in [4.78, 5) is 12.8. The van der Waals surface area contributed by atoms with Crippen molar-refractivity contribution in [2.75, 3.05) is 11.6 Å². The maximum atomic E-state index is 13.9. The monoisotopic (exact) mass is 468 g/mol. The standard InChI is InChI=1S/C24H19F3N4OS/c1-33-13-16-3-2-4-18(9-16)30-24-29-14-28-23(31-24)19-7-6-17(25)11-22(19)32-12-15-5-8-20(26)21(27)10-15/h2-11,14H,12-13H2,1H3,(H,28,29,30,31). The van der Waals surface area contributed by atoms with Crippen LogP contribution in [0.3, 0.4) is 0 Å². The van der Waals surface area contributed by atoms with Crippen LogP contribution in [0, 0.1) is 17.5 Å². The molecule has 1 aromatic heterocycles. The molecule has 33 heavy (non-hydrogen) atoms. The van der Waals surface area contributed by atoms with Crippen LogP contribution >= 0.6 is 11.8 Å². The number of hydrogen-bond donors (Lipinski definition) is 1. The summed E-state index contributed by atoms with van der Waals surface area (Å²) >= 11 is 1.72. The van der Waals surface area contributed by atoms with E-state index in [0.29, 0.717) is 17.1 Å². The van der Waals surface area contributed by atoms with Crippen molar-refractivity contribution >= 4 is 23.4 Å². The summed E-state index contributed by atoms with van der Waals surface area (Å²) in [6, 6.07) is 15.3. The molecule has 0 bridgehead atoms. The molecule has 0 saturated heterocycles. The summed E-state index contributed by atoms with van der Waals surface area (Å²) in [6.07, 6.45) is 3.38. The summed E-state index contributed by atoms with van der Waals surface area (Å²) in [7, 11) is 0. The SMILES string of the molecule is CSCc1cccc(Nc2ncnc(-c3ccc(F)cc3OCc3ccc(F)c(F)c3)n2)c1. The predicted octanol–water partition coefficient (Wildman–Crippen LogP) is 6.14. The van der Waals surface area contributed by atoms with Crippen molar-refractivity contribution in [1.29, 1.82) is 0 Å². The molecule has 168 valence electrons. The molecule has 9 heteroatoms. The summed E-state index contributed by atoms with van der Waals surface area (Å²) in [5.41, 5.74) is 2.81. The van der Waals surface area contributed by atoms with Gasteiger partial charge in [-0.15, -0.1) is 0 Å². The molecule has 0 saturated carbocycles. The van der Waals surface area contributed by atoms with Crippen molar-refractivity contribution in [1.82, 2.24) is 15.0 Å². The minimum Gasteiger partial charge on any atom is -0.488 e. The normalized spacial score (nSPS) is 10.8. The number of ether oxygens (including phenoxy) is 1. The van der Waals surface area contributed by atoms with Gasteiger partial charge in [0.25, 0.3) is 0 Å². The average molecular weight is 469 g/mol. The maximum Gasteiger partial charge on any atom is 0.230 e. The van der Waals surface area contributed by atoms with Crippen molar-refractivity contribution in [3.63, 3.8) is 0 Å². The van der Waals surface area contributed by atoms with Gasteiger partial charge in [-0.25, -0.2) is 23.1 Å². The highest BCUT2D eigenvalue weighted by Gasteiger charge is 2.13. The lowest BCUT2D eigenvalue weighted by Crippen LogP contribution is -2.03. The van der Waals surface area contributed by atoms with E-state index >= 15 is 0 Å². The number of hydrogen-bond acceptors (Lipinski definition) is 6. The van der Waals surface area contributed by atoms with Crippen molar-refractivity contribution in [2.45, 2.75) is 12.4 Å². The van der Waals surface area contributed by atoms with Crippen LogP contribution in [0.15, 0.2) is 67.0 Å². The Morgan fingerprint density at radius 2 is 1.79 bits per heavy atom. The molecule has 0 spiro atoms. The van der Waals surface area contributed by atoms with Crippen molar-refractivity contribution < 1.29 is 17.9 Å². The number of nitrogens with one attached hydrogen (secondary N) is 1. The molecule has 5 nitrogen and oxygen atoms in total. The lowest BCUT2D eigenvalue weighted by Gasteiger charge is -2.12. The van der Waals surface area contributed by atoms with E-state index in [0.717, 1.165) is 29.1 Å². The molecule has 1 N–H and O–H groups in total. The van der Waals surface area contributed by atoms with Gasteiger partial charge in [-0.1, -0.05) is 18.2 Å². The minimum atomic E-state index is -0.981. The predicted molar refractivity (Wildman–Crippen MR) is 123 cm³/mol. The Bertz CT molecular complexity index is 1270. The first-order valence-corrected chi connectivity index (χ1v) is 11.3. The molecule has 1 heterocycles. The quantitative estimate of drug-likeness (QED) is 0.335. The third-order valence-electron chi connectivity index (χ3n) is 4.63. The van der Waals surface area contributed by atoms with Crippen LogP contribution in [0.5, 0.6) is 5.75 Å². The van der Waals surface area contributed by atoms with Gasteiger partial charge in [0.05, 0.1) is 5.56 Å². The minimum absolute atomic E-state index is 0.0912. The molecule has 0 aliphatic heterocycles. The number of thioether (sulfide) groups is 1. The lowest BCUT2D eigenvalue weighted by atomic mass is 10.1. The Morgan fingerprint density at radius 1 is 0.909 bits per heavy atom. The summed E-state index contributed by atoms with van der Waals surface area (Å²) in [6.45, 7) is -0.0912. The van der Waals surface area contributed by atoms with E-state index in [1.807, 2.05) is 30.5 Å². The number of anilines is 2. The van der Waals surface area contributed by atoms with Gasteiger partial charge < -0.3 is 10.1 Å². The zero-order valence-corrected chi connectivity index (χ0v) is 18.4. The molecule has 0 radical (unpaired) electrons. The molecule has 4 aromatic rings. The Labute approximate surface area is 193 Å². The third-order valence-corrected chi connectivity index (χ3v) is 5.25. The highest BCUT2D eigenvalue weighted by molar-refractivity contribution is 7.97. The van der Waals surface area contributed by atoms with Crippen molar-refractivity contribution in [3.8, 4) is 17.1 Å². The van der Waals surface area contributed by atoms with Gasteiger partial charge in [-0.05, 0) is 53.8 Å². The highest BCUT2D eigenvalue weighted by Crippen LogP contribution is 2.30. The van der Waals surface area contributed by atoms with E-state index in [1.54, 1.807) is 11.8 Å². The smallest absolute Gasteiger partial charge is 0.230 e. The molecule has 0 aliphatic carbocycles. The fourth-order valence-electron chi connectivity index (χ4n) is 3.11. The molecule has 0 atom stereocenters. The summed E-state index contributed by atoms with van der Waals surface area (Å²) in [5, 5.41) is 3.15. The number of rotatable bonds is 8. The van der Waals surface area contributed by atoms with Gasteiger partial charge in [-0.3, -0.25) is 0 Å². The lowest BCUT2D eigenvalue weighted by molar-refractivity contribution is 0.304. The average Bonchev–Trinajstić information content (AvgIpc) is 2.80. The number of halogens is 3. The zero-order chi connectivity index (χ0) is 23.2. The van der Waals surface area contributed by atoms with Gasteiger partial charge >= 0.3 is 0 Å². The number of benzene rings is 3. The molecule has 0 amide bonds. The Morgan fingerprint density at radius 3 is 2.61 bits per heavy atom. The second kappa shape index (κ2) is 10.4. The second-order valence-electron chi connectivity index (χ2n) is 7.07. The first-order valence-electron chi connectivity index (χ1n) is 9.92. The molecule has 0 fully saturated rings. The Hall–Kier alpha value is -3.59. The topological polar surface area (TPSA) is 59.9 Å². The number of aromatic nitrogens is 3. The first kappa shape index (κ1) is 22.6. The van der Waals surface area contributed by atoms with Gasteiger partial charge in [0.2, 0.25) is 5.95 Å². The number of nitrogens with zero attached hydrogens (tertiary/aromatic N) is 3. The molecular formula is C24H19F3N4OS. The largest absolute Gasteiger partial charge is 0.488 e. The van der Waals surface area contributed by atoms with Crippen molar-refractivity contribution in [3.05, 3.63) is 95.6 Å². The van der Waals surface area contributed by atoms with E-state index in [4.69, 9.17) is 4.74 Å². The highest BCUT2D eigenvalue weighted by atomic mass is 32.2.